The molecule has 1 aromatic rings. The molecule has 0 spiro atoms. The molecule has 1 aromatic heterocycles. The summed E-state index contributed by atoms with van der Waals surface area (Å²) in [5.74, 6) is -0.0439. The van der Waals surface area contributed by atoms with Crippen LogP contribution >= 0.6 is 0 Å². The van der Waals surface area contributed by atoms with Gasteiger partial charge in [-0.15, -0.1) is 0 Å². The predicted molar refractivity (Wildman–Crippen MR) is 71.6 cm³/mol. The van der Waals surface area contributed by atoms with E-state index >= 15 is 0 Å². The molecular weight excluding hydrogens is 243 g/mol. The summed E-state index contributed by atoms with van der Waals surface area (Å²) < 4.78 is 5.29. The number of aromatic nitrogens is 1. The van der Waals surface area contributed by atoms with Crippen molar-refractivity contribution in [3.05, 3.63) is 17.3 Å². The van der Waals surface area contributed by atoms with Crippen LogP contribution in [0.25, 0.3) is 0 Å². The predicted octanol–water partition coefficient (Wildman–Crippen LogP) is 0.288. The topological polar surface area (TPSA) is 62.7 Å². The van der Waals surface area contributed by atoms with Crippen LogP contribution in [-0.4, -0.2) is 50.2 Å². The van der Waals surface area contributed by atoms with E-state index in [-0.39, 0.29) is 5.56 Å². The Morgan fingerprint density at radius 2 is 2.11 bits per heavy atom. The molecular formula is C13H15BN2O3. The molecule has 0 atom stereocenters. The molecule has 98 valence electrons. The molecule has 0 amide bonds. The number of pyridine rings is 1. The molecule has 3 rings (SSSR count). The van der Waals surface area contributed by atoms with Crippen LogP contribution in [0.5, 0.6) is 0 Å². The van der Waals surface area contributed by atoms with Crippen molar-refractivity contribution in [3.63, 3.8) is 0 Å². The number of rotatable bonds is 3. The molecule has 2 heterocycles. The van der Waals surface area contributed by atoms with E-state index in [9.17, 15) is 9.90 Å². The summed E-state index contributed by atoms with van der Waals surface area (Å²) in [4.78, 5) is 17.9. The van der Waals surface area contributed by atoms with Crippen LogP contribution in [0.4, 0.5) is 5.82 Å². The smallest absolute Gasteiger partial charge is 0.339 e. The van der Waals surface area contributed by atoms with Gasteiger partial charge in [0, 0.05) is 24.7 Å². The Bertz CT molecular complexity index is 511. The zero-order valence-electron chi connectivity index (χ0n) is 10.6. The number of aromatic carboxylic acids is 1. The minimum atomic E-state index is -0.983. The number of carboxylic acid groups (broad SMARTS) is 1. The fraction of sp³-hybridized carbons (Fsp3) is 0.538. The second kappa shape index (κ2) is 4.85. The second-order valence-corrected chi connectivity index (χ2v) is 5.01. The van der Waals surface area contributed by atoms with Gasteiger partial charge in [0.15, 0.2) is 0 Å². The van der Waals surface area contributed by atoms with Crippen LogP contribution < -0.4 is 10.4 Å². The van der Waals surface area contributed by atoms with E-state index in [4.69, 9.17) is 12.6 Å². The highest BCUT2D eigenvalue weighted by Gasteiger charge is 2.29. The summed E-state index contributed by atoms with van der Waals surface area (Å²) in [7, 11) is 5.93. The van der Waals surface area contributed by atoms with Gasteiger partial charge in [-0.05, 0) is 18.9 Å². The molecule has 2 radical (unpaired) electrons. The van der Waals surface area contributed by atoms with E-state index in [1.807, 2.05) is 4.90 Å². The van der Waals surface area contributed by atoms with Gasteiger partial charge in [-0.1, -0.05) is 5.46 Å². The number of hydrogen-bond donors (Lipinski definition) is 1. The van der Waals surface area contributed by atoms with E-state index in [0.717, 1.165) is 18.5 Å². The van der Waals surface area contributed by atoms with Crippen LogP contribution in [-0.2, 0) is 4.74 Å². The maximum absolute atomic E-state index is 11.4. The summed E-state index contributed by atoms with van der Waals surface area (Å²) >= 11 is 0. The quantitative estimate of drug-likeness (QED) is 0.789. The van der Waals surface area contributed by atoms with Crippen LogP contribution in [0.2, 0.25) is 0 Å². The zero-order valence-corrected chi connectivity index (χ0v) is 10.6. The Balaban J connectivity index is 2.02. The molecule has 2 fully saturated rings. The number of ether oxygens (including phenoxy) is 1. The molecule has 0 aromatic carbocycles. The third-order valence-electron chi connectivity index (χ3n) is 3.57. The first-order chi connectivity index (χ1) is 9.16. The largest absolute Gasteiger partial charge is 0.478 e. The van der Waals surface area contributed by atoms with Gasteiger partial charge in [0.1, 0.15) is 19.2 Å². The molecule has 1 N–H and O–H groups in total. The number of carbonyl (C=O) groups is 1. The highest BCUT2D eigenvalue weighted by molar-refractivity contribution is 6.33. The number of hydrogen-bond acceptors (Lipinski definition) is 4. The van der Waals surface area contributed by atoms with E-state index in [1.54, 1.807) is 6.07 Å². The number of morpholine rings is 1. The lowest BCUT2D eigenvalue weighted by molar-refractivity contribution is 0.0696. The monoisotopic (exact) mass is 258 g/mol. The number of carboxylic acids is 1. The first-order valence-corrected chi connectivity index (χ1v) is 6.53. The molecule has 6 heteroatoms. The van der Waals surface area contributed by atoms with Crippen LogP contribution in [0.15, 0.2) is 6.07 Å². The summed E-state index contributed by atoms with van der Waals surface area (Å²) in [5, 5.41) is 9.31. The minimum absolute atomic E-state index is 0.184. The SMILES string of the molecule is [B]c1cc(C(=O)O)c(N2CCOCC2)nc1C1CC1. The van der Waals surface area contributed by atoms with Gasteiger partial charge in [-0.3, -0.25) is 0 Å². The van der Waals surface area contributed by atoms with Crippen molar-refractivity contribution in [1.29, 1.82) is 0 Å². The van der Waals surface area contributed by atoms with Gasteiger partial charge in [-0.25, -0.2) is 9.78 Å². The highest BCUT2D eigenvalue weighted by Crippen LogP contribution is 2.39. The van der Waals surface area contributed by atoms with Gasteiger partial charge < -0.3 is 14.7 Å². The fourth-order valence-electron chi connectivity index (χ4n) is 2.39. The van der Waals surface area contributed by atoms with E-state index in [2.05, 4.69) is 4.98 Å². The van der Waals surface area contributed by atoms with Gasteiger partial charge in [0.05, 0.1) is 13.2 Å². The Morgan fingerprint density at radius 3 is 2.68 bits per heavy atom. The Morgan fingerprint density at radius 1 is 1.42 bits per heavy atom. The molecule has 0 unspecified atom stereocenters. The third-order valence-corrected chi connectivity index (χ3v) is 3.57. The van der Waals surface area contributed by atoms with Gasteiger partial charge in [0.25, 0.3) is 0 Å². The summed E-state index contributed by atoms with van der Waals surface area (Å²) in [5.41, 5.74) is 1.53. The Labute approximate surface area is 113 Å². The normalized spacial score (nSPS) is 19.5. The van der Waals surface area contributed by atoms with Crippen molar-refractivity contribution in [3.8, 4) is 0 Å². The van der Waals surface area contributed by atoms with Crippen LogP contribution in [0.1, 0.15) is 34.8 Å². The van der Waals surface area contributed by atoms with Gasteiger partial charge >= 0.3 is 5.97 Å². The number of nitrogens with zero attached hydrogens (tertiary/aromatic N) is 2. The molecule has 2 aliphatic rings. The highest BCUT2D eigenvalue weighted by atomic mass is 16.5. The standard InChI is InChI=1S/C13H15BN2O3/c14-10-7-9(13(17)18)12(15-11(10)8-1-2-8)16-3-5-19-6-4-16/h7-8H,1-6H2,(H,17,18). The number of anilines is 1. The van der Waals surface area contributed by atoms with Crippen molar-refractivity contribution in [2.24, 2.45) is 0 Å². The summed E-state index contributed by atoms with van der Waals surface area (Å²) in [6.07, 6.45) is 2.18. The maximum Gasteiger partial charge on any atom is 0.339 e. The molecule has 1 saturated carbocycles. The maximum atomic E-state index is 11.4. The lowest BCUT2D eigenvalue weighted by atomic mass is 9.90. The Kier molecular flexibility index (Phi) is 3.18. The average Bonchev–Trinajstić information content (AvgIpc) is 3.23. The van der Waals surface area contributed by atoms with Gasteiger partial charge in [0.2, 0.25) is 0 Å². The summed E-state index contributed by atoms with van der Waals surface area (Å²) in [6.45, 7) is 2.54. The van der Waals surface area contributed by atoms with Crippen LogP contribution in [0.3, 0.4) is 0 Å². The summed E-state index contributed by atoms with van der Waals surface area (Å²) in [6, 6.07) is 1.55. The minimum Gasteiger partial charge on any atom is -0.478 e. The average molecular weight is 258 g/mol. The lowest BCUT2D eigenvalue weighted by Crippen LogP contribution is -2.38. The van der Waals surface area contributed by atoms with Gasteiger partial charge in [-0.2, -0.15) is 0 Å². The first-order valence-electron chi connectivity index (χ1n) is 6.53. The molecule has 1 aliphatic carbocycles. The molecule has 19 heavy (non-hydrogen) atoms. The fourth-order valence-corrected chi connectivity index (χ4v) is 2.39. The van der Waals surface area contributed by atoms with E-state index < -0.39 is 5.97 Å². The molecule has 0 bridgehead atoms. The lowest BCUT2D eigenvalue weighted by Gasteiger charge is -2.29. The van der Waals surface area contributed by atoms with E-state index in [1.165, 1.54) is 0 Å². The third kappa shape index (κ3) is 2.45. The van der Waals surface area contributed by atoms with Crippen molar-refractivity contribution in [2.75, 3.05) is 31.2 Å². The molecule has 1 saturated heterocycles. The molecule has 1 aliphatic heterocycles. The second-order valence-electron chi connectivity index (χ2n) is 5.01. The van der Waals surface area contributed by atoms with Crippen molar-refractivity contribution >= 4 is 25.1 Å². The Hall–Kier alpha value is -1.56. The zero-order chi connectivity index (χ0) is 13.4. The molecule has 5 nitrogen and oxygen atoms in total. The van der Waals surface area contributed by atoms with Crippen molar-refractivity contribution in [1.82, 2.24) is 4.98 Å². The van der Waals surface area contributed by atoms with Crippen molar-refractivity contribution in [2.45, 2.75) is 18.8 Å². The van der Waals surface area contributed by atoms with Crippen molar-refractivity contribution < 1.29 is 14.6 Å². The van der Waals surface area contributed by atoms with E-state index in [0.29, 0.717) is 43.5 Å². The van der Waals surface area contributed by atoms with Crippen LogP contribution in [0, 0.1) is 0 Å². The first kappa shape index (κ1) is 12.5.